The molecule has 0 aliphatic rings. The highest BCUT2D eigenvalue weighted by Gasteiger charge is 2.30. The molecule has 0 aliphatic heterocycles. The van der Waals surface area contributed by atoms with Gasteiger partial charge in [0.15, 0.2) is 12.2 Å². The fourth-order valence-electron chi connectivity index (χ4n) is 9.75. The number of phosphoric ester groups is 2. The molecule has 0 saturated heterocycles. The van der Waals surface area contributed by atoms with E-state index in [9.17, 15) is 43.2 Å². The van der Waals surface area contributed by atoms with Crippen molar-refractivity contribution in [3.05, 3.63) is 207 Å². The zero-order valence-corrected chi connectivity index (χ0v) is 68.2. The zero-order chi connectivity index (χ0) is 78.9. The number of hydrogen-bond acceptors (Lipinski definition) is 15. The van der Waals surface area contributed by atoms with E-state index in [0.29, 0.717) is 32.1 Å². The highest BCUT2D eigenvalue weighted by molar-refractivity contribution is 7.47. The van der Waals surface area contributed by atoms with E-state index in [1.807, 2.05) is 0 Å². The summed E-state index contributed by atoms with van der Waals surface area (Å²) in [6, 6.07) is 0. The van der Waals surface area contributed by atoms with Gasteiger partial charge in [0.05, 0.1) is 26.4 Å². The summed E-state index contributed by atoms with van der Waals surface area (Å²) in [7, 11) is -10.0. The Bertz CT molecular complexity index is 2860. The number of aliphatic hydroxyl groups is 1. The summed E-state index contributed by atoms with van der Waals surface area (Å²) < 4.78 is 68.6. The molecule has 0 aromatic rings. The van der Waals surface area contributed by atoms with E-state index in [-0.39, 0.29) is 25.7 Å². The third-order valence-electron chi connectivity index (χ3n) is 15.7. The largest absolute Gasteiger partial charge is 0.472 e. The summed E-state index contributed by atoms with van der Waals surface area (Å²) in [4.78, 5) is 73.1. The van der Waals surface area contributed by atoms with Crippen LogP contribution in [0.1, 0.15) is 272 Å². The van der Waals surface area contributed by atoms with Gasteiger partial charge in [0.25, 0.3) is 0 Å². The first-order valence-electron chi connectivity index (χ1n) is 40.3. The number of phosphoric acid groups is 2. The van der Waals surface area contributed by atoms with Crippen LogP contribution >= 0.6 is 15.6 Å². The molecule has 17 nitrogen and oxygen atoms in total. The molecule has 108 heavy (non-hydrogen) atoms. The maximum absolute atomic E-state index is 13.1. The maximum atomic E-state index is 13.1. The van der Waals surface area contributed by atoms with E-state index >= 15 is 0 Å². The number of rotatable bonds is 73. The molecule has 0 aliphatic carbocycles. The fraction of sp³-hybridized carbons (Fsp3) is 0.573. The number of aliphatic hydroxyl groups excluding tert-OH is 1. The molecular formula is C89H140O17P2. The van der Waals surface area contributed by atoms with Crippen molar-refractivity contribution in [1.29, 1.82) is 0 Å². The van der Waals surface area contributed by atoms with E-state index in [1.54, 1.807) is 0 Å². The van der Waals surface area contributed by atoms with E-state index in [2.05, 4.69) is 234 Å². The van der Waals surface area contributed by atoms with E-state index < -0.39 is 97.5 Å². The monoisotopic (exact) mass is 1540 g/mol. The maximum Gasteiger partial charge on any atom is 0.472 e. The molecule has 0 aromatic heterocycles. The minimum Gasteiger partial charge on any atom is -0.462 e. The Morgan fingerprint density at radius 3 is 0.713 bits per heavy atom. The summed E-state index contributed by atoms with van der Waals surface area (Å²) in [5, 5.41) is 10.7. The number of carbonyl (C=O) groups is 4. The van der Waals surface area contributed by atoms with Crippen molar-refractivity contribution < 1.29 is 80.2 Å². The van der Waals surface area contributed by atoms with Crippen LogP contribution in [0.25, 0.3) is 0 Å². The second kappa shape index (κ2) is 78.8. The molecule has 3 N–H and O–H groups in total. The van der Waals surface area contributed by atoms with Crippen molar-refractivity contribution in [3.8, 4) is 0 Å². The van der Waals surface area contributed by atoms with Crippen LogP contribution in [-0.4, -0.2) is 96.7 Å². The van der Waals surface area contributed by atoms with Crippen LogP contribution < -0.4 is 0 Å². The van der Waals surface area contributed by atoms with Gasteiger partial charge in [0.2, 0.25) is 0 Å². The lowest BCUT2D eigenvalue weighted by atomic mass is 10.1. The molecule has 608 valence electrons. The van der Waals surface area contributed by atoms with Gasteiger partial charge in [-0.25, -0.2) is 9.13 Å². The van der Waals surface area contributed by atoms with Crippen molar-refractivity contribution >= 4 is 39.5 Å². The second-order valence-electron chi connectivity index (χ2n) is 25.8. The van der Waals surface area contributed by atoms with Gasteiger partial charge in [0.1, 0.15) is 19.3 Å². The lowest BCUT2D eigenvalue weighted by Crippen LogP contribution is -2.30. The molecule has 0 radical (unpaired) electrons. The van der Waals surface area contributed by atoms with Crippen molar-refractivity contribution in [2.24, 2.45) is 0 Å². The predicted octanol–water partition coefficient (Wildman–Crippen LogP) is 23.9. The SMILES string of the molecule is CC/C=C\C/C=C\C/C=C\C/C=C\C/C=C\CCCCCC(=O)OCC(COP(=O)(O)OCC(O)COP(=O)(O)OCC(COC(=O)CCCCCC/C=C\C/C=C\C/C=C\C/C=C\CC)OC(=O)CCCCCC/C=C\C/C=C\C/C=C\C/C=C\CC)OC(=O)CCCC/C=C\C/C=C\C/C=C\C/C=C\CC. The average Bonchev–Trinajstić information content (AvgIpc) is 0.901. The molecule has 0 rings (SSSR count). The topological polar surface area (TPSA) is 237 Å². The summed E-state index contributed by atoms with van der Waals surface area (Å²) >= 11 is 0. The van der Waals surface area contributed by atoms with E-state index in [1.165, 1.54) is 0 Å². The Kier molecular flexibility index (Phi) is 74.1. The van der Waals surface area contributed by atoms with Crippen LogP contribution in [0.5, 0.6) is 0 Å². The molecule has 0 heterocycles. The first-order valence-corrected chi connectivity index (χ1v) is 43.3. The number of allylic oxidation sites excluding steroid dienone is 34. The molecular weight excluding hydrogens is 1400 g/mol. The van der Waals surface area contributed by atoms with Crippen LogP contribution in [0.3, 0.4) is 0 Å². The third-order valence-corrected chi connectivity index (χ3v) is 17.6. The van der Waals surface area contributed by atoms with Crippen molar-refractivity contribution in [2.75, 3.05) is 39.6 Å². The Balaban J connectivity index is 5.51. The number of ether oxygens (including phenoxy) is 4. The Hall–Kier alpha value is -6.36. The molecule has 5 unspecified atom stereocenters. The second-order valence-corrected chi connectivity index (χ2v) is 28.7. The predicted molar refractivity (Wildman–Crippen MR) is 445 cm³/mol. The lowest BCUT2D eigenvalue weighted by Gasteiger charge is -2.21. The Labute approximate surface area is 652 Å². The van der Waals surface area contributed by atoms with Crippen LogP contribution in [0.4, 0.5) is 0 Å². The molecule has 0 fully saturated rings. The van der Waals surface area contributed by atoms with E-state index in [4.69, 9.17) is 37.0 Å². The average molecular weight is 1540 g/mol. The molecule has 0 saturated carbocycles. The van der Waals surface area contributed by atoms with Crippen molar-refractivity contribution in [1.82, 2.24) is 0 Å². The normalized spacial score (nSPS) is 14.9. The molecule has 0 spiro atoms. The van der Waals surface area contributed by atoms with Crippen LogP contribution in [0.2, 0.25) is 0 Å². The number of unbranched alkanes of at least 4 members (excludes halogenated alkanes) is 13. The van der Waals surface area contributed by atoms with Crippen molar-refractivity contribution in [2.45, 2.75) is 290 Å². The molecule has 5 atom stereocenters. The number of carbonyl (C=O) groups excluding carboxylic acids is 4. The minimum absolute atomic E-state index is 0.0251. The Morgan fingerprint density at radius 2 is 0.454 bits per heavy atom. The van der Waals surface area contributed by atoms with Crippen LogP contribution in [0, 0.1) is 0 Å². The van der Waals surface area contributed by atoms with Crippen LogP contribution in [-0.2, 0) is 65.4 Å². The first-order chi connectivity index (χ1) is 52.7. The zero-order valence-electron chi connectivity index (χ0n) is 66.4. The summed E-state index contributed by atoms with van der Waals surface area (Å²) in [5.41, 5.74) is 0. The van der Waals surface area contributed by atoms with Gasteiger partial charge in [-0.3, -0.25) is 37.3 Å². The van der Waals surface area contributed by atoms with Crippen LogP contribution in [0.15, 0.2) is 207 Å². The van der Waals surface area contributed by atoms with Gasteiger partial charge >= 0.3 is 39.5 Å². The first kappa shape index (κ1) is 102. The van der Waals surface area contributed by atoms with Gasteiger partial charge in [0, 0.05) is 25.7 Å². The highest BCUT2D eigenvalue weighted by atomic mass is 31.2. The van der Waals surface area contributed by atoms with Gasteiger partial charge in [-0.15, -0.1) is 0 Å². The smallest absolute Gasteiger partial charge is 0.462 e. The Morgan fingerprint density at radius 1 is 0.259 bits per heavy atom. The highest BCUT2D eigenvalue weighted by Crippen LogP contribution is 2.45. The molecule has 0 aromatic carbocycles. The van der Waals surface area contributed by atoms with Gasteiger partial charge < -0.3 is 33.8 Å². The standard InChI is InChI=1S/C89H140O17P2/c1-5-9-13-17-21-25-29-33-37-40-41-44-47-50-54-58-62-66-70-74-87(92)100-79-84(105-88(93)75-71-67-63-59-55-51-45-36-32-28-24-20-16-12-8-4)81-103-107(95,96)101-77-83(90)78-102-108(97,98)104-82-85(106-89(94)76-72-68-64-60-56-52-48-43-39-35-31-27-23-19-15-11-7-3)80-99-86(91)73-69-65-61-57-53-49-46-42-38-34-30-26-22-18-14-10-6-2/h9-16,21-28,33-39,41,44-46,48-50,52,54-55,59,83-85,90H,5-8,17-20,29-32,40,42-43,47,51,53,56-58,60-82H2,1-4H3,(H,95,96)(H,97,98)/b13-9-,14-10-,15-11-,16-12-,25-21-,26-22-,27-23-,28-24-,37-33-,38-34-,39-35-,44-41-,45-36-,49-46-,52-48-,54-50-,59-55-. The third kappa shape index (κ3) is 77.8. The lowest BCUT2D eigenvalue weighted by molar-refractivity contribution is -0.161. The molecule has 19 heteroatoms. The van der Waals surface area contributed by atoms with E-state index in [0.717, 1.165) is 186 Å². The van der Waals surface area contributed by atoms with Crippen molar-refractivity contribution in [3.63, 3.8) is 0 Å². The number of esters is 4. The van der Waals surface area contributed by atoms with Gasteiger partial charge in [-0.05, 0) is 186 Å². The quantitative estimate of drug-likeness (QED) is 0.0169. The minimum atomic E-state index is -5.01. The molecule has 0 bridgehead atoms. The molecule has 0 amide bonds. The summed E-state index contributed by atoms with van der Waals surface area (Å²) in [5.74, 6) is -2.34. The van der Waals surface area contributed by atoms with Gasteiger partial charge in [-0.2, -0.15) is 0 Å². The fourth-order valence-corrected chi connectivity index (χ4v) is 11.3. The van der Waals surface area contributed by atoms with Gasteiger partial charge in [-0.1, -0.05) is 266 Å². The summed E-state index contributed by atoms with van der Waals surface area (Å²) in [6.45, 7) is 4.24. The number of hydrogen-bond donors (Lipinski definition) is 3. The summed E-state index contributed by atoms with van der Waals surface area (Å²) in [6.07, 6.45) is 98.1.